The summed E-state index contributed by atoms with van der Waals surface area (Å²) in [5.41, 5.74) is 6.90. The second kappa shape index (κ2) is 4.03. The highest BCUT2D eigenvalue weighted by atomic mass is 15.2. The summed E-state index contributed by atoms with van der Waals surface area (Å²) in [6.07, 6.45) is 7.69. The molecular formula is C12H22N4. The van der Waals surface area contributed by atoms with Crippen molar-refractivity contribution in [2.24, 2.45) is 16.6 Å². The van der Waals surface area contributed by atoms with Gasteiger partial charge in [-0.3, -0.25) is 4.99 Å². The maximum Gasteiger partial charge on any atom is 0.129 e. The van der Waals surface area contributed by atoms with Gasteiger partial charge in [0.05, 0.1) is 12.2 Å². The van der Waals surface area contributed by atoms with Crippen molar-refractivity contribution in [1.82, 2.24) is 10.2 Å². The minimum atomic E-state index is 0. The minimum Gasteiger partial charge on any atom is -0.363 e. The zero-order valence-corrected chi connectivity index (χ0v) is 10.2. The number of nitrogens with two attached hydrogens (primary N) is 1. The second-order valence-corrected chi connectivity index (χ2v) is 4.56. The third-order valence-corrected chi connectivity index (χ3v) is 3.45. The van der Waals surface area contributed by atoms with E-state index in [1.165, 1.54) is 5.57 Å². The van der Waals surface area contributed by atoms with E-state index in [2.05, 4.69) is 28.5 Å². The maximum atomic E-state index is 5.54. The van der Waals surface area contributed by atoms with Crippen molar-refractivity contribution in [1.29, 1.82) is 0 Å². The van der Waals surface area contributed by atoms with Gasteiger partial charge in [0.15, 0.2) is 0 Å². The number of fused-ring (bicyclic) bond motifs is 1. The van der Waals surface area contributed by atoms with Crippen molar-refractivity contribution in [2.75, 3.05) is 27.8 Å². The first-order chi connectivity index (χ1) is 7.65. The number of hydrogen-bond acceptors (Lipinski definition) is 3. The Bertz CT molecular complexity index is 373. The van der Waals surface area contributed by atoms with Gasteiger partial charge in [0.2, 0.25) is 0 Å². The van der Waals surface area contributed by atoms with Gasteiger partial charge < -0.3 is 16.0 Å². The van der Waals surface area contributed by atoms with E-state index < -0.39 is 0 Å². The largest absolute Gasteiger partial charge is 0.363 e. The first kappa shape index (κ1) is 11.4. The molecule has 0 saturated heterocycles. The molecule has 1 fully saturated rings. The summed E-state index contributed by atoms with van der Waals surface area (Å²) in [5.74, 6) is 1.60. The summed E-state index contributed by atoms with van der Waals surface area (Å²) in [4.78, 5) is 6.43. The standard InChI is InChI=1S/C12H20N4.H2/c1-14-12-7-9(12)5-4-6-10(12)11(15-8-13)16(2)3;/h4-6,9,14H,7-8,13H2,1-3H3;1H/b15-11+;. The van der Waals surface area contributed by atoms with Crippen LogP contribution in [-0.2, 0) is 0 Å². The molecule has 0 radical (unpaired) electrons. The highest BCUT2D eigenvalue weighted by Crippen LogP contribution is 2.52. The Balaban J connectivity index is 0.00000144. The summed E-state index contributed by atoms with van der Waals surface area (Å²) >= 11 is 0. The molecule has 0 heterocycles. The summed E-state index contributed by atoms with van der Waals surface area (Å²) in [7, 11) is 6.03. The maximum absolute atomic E-state index is 5.54. The van der Waals surface area contributed by atoms with Gasteiger partial charge in [0.25, 0.3) is 0 Å². The molecule has 0 aromatic heterocycles. The van der Waals surface area contributed by atoms with Crippen LogP contribution >= 0.6 is 0 Å². The third kappa shape index (κ3) is 1.58. The summed E-state index contributed by atoms with van der Waals surface area (Å²) in [6, 6.07) is 0. The molecule has 2 aliphatic rings. The summed E-state index contributed by atoms with van der Waals surface area (Å²) in [5, 5.41) is 3.43. The quantitative estimate of drug-likeness (QED) is 0.542. The van der Waals surface area contributed by atoms with Crippen molar-refractivity contribution in [2.45, 2.75) is 12.0 Å². The lowest BCUT2D eigenvalue weighted by atomic mass is 9.96. The fourth-order valence-electron chi connectivity index (χ4n) is 2.51. The molecule has 4 heteroatoms. The SMILES string of the molecule is CNC12CC1C=CC=C2/C(=N\CN)N(C)C.[HH]. The molecule has 0 amide bonds. The zero-order chi connectivity index (χ0) is 11.8. The van der Waals surface area contributed by atoms with Crippen molar-refractivity contribution < 1.29 is 1.43 Å². The van der Waals surface area contributed by atoms with Crippen molar-refractivity contribution in [3.05, 3.63) is 23.8 Å². The molecule has 0 spiro atoms. The average Bonchev–Trinajstić information content (AvgIpc) is 3.00. The lowest BCUT2D eigenvalue weighted by Gasteiger charge is -2.27. The van der Waals surface area contributed by atoms with Gasteiger partial charge >= 0.3 is 0 Å². The number of hydrogen-bond donors (Lipinski definition) is 2. The van der Waals surface area contributed by atoms with Gasteiger partial charge in [-0.05, 0) is 13.5 Å². The average molecular weight is 222 g/mol. The van der Waals surface area contributed by atoms with Crippen LogP contribution in [-0.4, -0.2) is 44.1 Å². The Morgan fingerprint density at radius 1 is 1.75 bits per heavy atom. The molecule has 2 atom stereocenters. The van der Waals surface area contributed by atoms with E-state index in [9.17, 15) is 0 Å². The van der Waals surface area contributed by atoms with E-state index in [1.807, 2.05) is 26.0 Å². The molecule has 4 nitrogen and oxygen atoms in total. The van der Waals surface area contributed by atoms with Crippen LogP contribution in [0.5, 0.6) is 0 Å². The molecule has 0 aliphatic heterocycles. The number of rotatable bonds is 3. The van der Waals surface area contributed by atoms with Crippen molar-refractivity contribution in [3.8, 4) is 0 Å². The van der Waals surface area contributed by atoms with E-state index in [0.29, 0.717) is 12.6 Å². The number of nitrogens with one attached hydrogen (secondary N) is 1. The number of likely N-dealkylation sites (N-methyl/N-ethyl adjacent to an activating group) is 2. The van der Waals surface area contributed by atoms with Gasteiger partial charge in [0.1, 0.15) is 5.84 Å². The Kier molecular flexibility index (Phi) is 2.86. The van der Waals surface area contributed by atoms with Gasteiger partial charge in [-0.2, -0.15) is 0 Å². The lowest BCUT2D eigenvalue weighted by molar-refractivity contribution is 0.571. The Morgan fingerprint density at radius 2 is 2.50 bits per heavy atom. The van der Waals surface area contributed by atoms with Crippen LogP contribution in [0.1, 0.15) is 7.85 Å². The van der Waals surface area contributed by atoms with E-state index in [0.717, 1.165) is 12.3 Å². The molecule has 0 aromatic rings. The molecule has 90 valence electrons. The fourth-order valence-corrected chi connectivity index (χ4v) is 2.51. The van der Waals surface area contributed by atoms with Crippen LogP contribution in [0.4, 0.5) is 0 Å². The van der Waals surface area contributed by atoms with Crippen LogP contribution in [0, 0.1) is 5.92 Å². The van der Waals surface area contributed by atoms with E-state index in [1.54, 1.807) is 0 Å². The Morgan fingerprint density at radius 3 is 3.06 bits per heavy atom. The van der Waals surface area contributed by atoms with Crippen LogP contribution in [0.25, 0.3) is 0 Å². The monoisotopic (exact) mass is 222 g/mol. The molecule has 0 bridgehead atoms. The predicted molar refractivity (Wildman–Crippen MR) is 69.4 cm³/mol. The van der Waals surface area contributed by atoms with Gasteiger partial charge in [-0.1, -0.05) is 18.2 Å². The van der Waals surface area contributed by atoms with Crippen LogP contribution < -0.4 is 11.1 Å². The number of allylic oxidation sites excluding steroid dienone is 2. The molecule has 2 unspecified atom stereocenters. The number of aliphatic imine (C=N–C) groups is 1. The minimum absolute atomic E-state index is 0. The second-order valence-electron chi connectivity index (χ2n) is 4.56. The molecular weight excluding hydrogens is 200 g/mol. The summed E-state index contributed by atoms with van der Waals surface area (Å²) in [6.45, 7) is 0.332. The van der Waals surface area contributed by atoms with Crippen LogP contribution in [0.2, 0.25) is 0 Å². The molecule has 2 aliphatic carbocycles. The summed E-state index contributed by atoms with van der Waals surface area (Å²) < 4.78 is 0. The van der Waals surface area contributed by atoms with Gasteiger partial charge in [-0.25, -0.2) is 0 Å². The first-order valence-corrected chi connectivity index (χ1v) is 5.66. The normalized spacial score (nSPS) is 32.1. The molecule has 3 N–H and O–H groups in total. The zero-order valence-electron chi connectivity index (χ0n) is 10.2. The predicted octanol–water partition coefficient (Wildman–Crippen LogP) is 0.583. The topological polar surface area (TPSA) is 53.6 Å². The highest BCUT2D eigenvalue weighted by Gasteiger charge is 2.56. The van der Waals surface area contributed by atoms with Crippen LogP contribution in [0.3, 0.4) is 0 Å². The van der Waals surface area contributed by atoms with Crippen molar-refractivity contribution in [3.63, 3.8) is 0 Å². The van der Waals surface area contributed by atoms with Gasteiger partial charge in [0, 0.05) is 27.0 Å². The number of nitrogens with zero attached hydrogens (tertiary/aromatic N) is 2. The van der Waals surface area contributed by atoms with E-state index >= 15 is 0 Å². The Hall–Kier alpha value is -1.13. The molecule has 0 aromatic carbocycles. The lowest BCUT2D eigenvalue weighted by Crippen LogP contribution is -2.40. The van der Waals surface area contributed by atoms with Gasteiger partial charge in [-0.15, -0.1) is 0 Å². The third-order valence-electron chi connectivity index (χ3n) is 3.45. The fraction of sp³-hybridized carbons (Fsp3) is 0.583. The van der Waals surface area contributed by atoms with Crippen LogP contribution in [0.15, 0.2) is 28.8 Å². The first-order valence-electron chi connectivity index (χ1n) is 5.66. The highest BCUT2D eigenvalue weighted by molar-refractivity contribution is 6.01. The van der Waals surface area contributed by atoms with E-state index in [4.69, 9.17) is 5.73 Å². The molecule has 2 rings (SSSR count). The molecule has 1 saturated carbocycles. The smallest absolute Gasteiger partial charge is 0.129 e. The molecule has 16 heavy (non-hydrogen) atoms. The Labute approximate surface area is 98.4 Å². The van der Waals surface area contributed by atoms with Crippen molar-refractivity contribution >= 4 is 5.84 Å². The number of amidine groups is 1. The van der Waals surface area contributed by atoms with E-state index in [-0.39, 0.29) is 6.97 Å².